The lowest BCUT2D eigenvalue weighted by atomic mass is 10.1. The van der Waals surface area contributed by atoms with Crippen molar-refractivity contribution < 1.29 is 49.6 Å². The highest BCUT2D eigenvalue weighted by molar-refractivity contribution is 7.85. The van der Waals surface area contributed by atoms with Crippen molar-refractivity contribution in [1.29, 1.82) is 0 Å². The number of pyridine rings is 1. The number of benzene rings is 5. The standard InChI is InChI=1S/C22H22N4O2S.C21H23N5O2S.C21H21N5O2S.C20H19F3N4O.C18H18N4O/c1-3-4-12-29(27)22-14-21-24-19(16-7-9-18(28-2)10-8-16)13-20(26(21)25-22)17-6-5-11-23-15-17;1-4-5-10-29(27)21-12-20-23-18(15-6-8-17(28-3)9-7-15)11-19(26(20)24-21)16-13-22-25(2)14-16;1-3-4-9-29(27)21-11-20-24-18(15-5-7-17(28-2)8-6-15)10-19(26(20)25-21)16-12-22-14-23-13-16;1-13-5-7-14(8-6-13)15-11-17(20(21,22)23)27-18(24-15)12-16(25-27)19(28)26-9-3-2-4-10-26;23-18(21-9-5-2-6-10-21)16-11-17-19-12-15(13-22(17)20-16)14-7-3-1-4-8-14/h5-11,13-15H,3-4,12H2,1-2H3;6-9,11-14H,4-5,10H2,1-3H3;5-8,10-14H,3-4,9H2,1-2H3;5-8,11-12H,2-4,9-10H2,1H3;1,3-4,7-8,11-13H,2,5-6,9-10H2. The molecule has 2 aliphatic rings. The predicted octanol–water partition coefficient (Wildman–Crippen LogP) is 19.2. The summed E-state index contributed by atoms with van der Waals surface area (Å²) < 4.78 is 104. The Bertz CT molecular complexity index is 7130. The van der Waals surface area contributed by atoms with Crippen LogP contribution in [-0.4, -0.2) is 197 Å². The van der Waals surface area contributed by atoms with Crippen LogP contribution in [0.4, 0.5) is 13.2 Å². The van der Waals surface area contributed by atoms with Crippen molar-refractivity contribution in [3.8, 4) is 107 Å². The van der Waals surface area contributed by atoms with Crippen LogP contribution in [0.5, 0.6) is 17.2 Å². The fourth-order valence-corrected chi connectivity index (χ4v) is 19.1. The summed E-state index contributed by atoms with van der Waals surface area (Å²) in [6.45, 7) is 11.0. The lowest BCUT2D eigenvalue weighted by Gasteiger charge is -2.25. The quantitative estimate of drug-likeness (QED) is 0.0513. The number of methoxy groups -OCH3 is 3. The maximum Gasteiger partial charge on any atom is 0.433 e. The number of likely N-dealkylation sites (tertiary alicyclic amines) is 2. The Morgan fingerprint density at radius 3 is 1.22 bits per heavy atom. The van der Waals surface area contributed by atoms with E-state index in [0.29, 0.717) is 79.3 Å². The third-order valence-electron chi connectivity index (χ3n) is 23.1. The van der Waals surface area contributed by atoms with Crippen LogP contribution in [-0.2, 0) is 45.6 Å². The molecule has 2 fully saturated rings. The van der Waals surface area contributed by atoms with Crippen molar-refractivity contribution in [2.24, 2.45) is 7.05 Å². The molecular weight excluding hydrogens is 1810 g/mol. The SMILES string of the molecule is CCCCS(=O)c1cc2nc(-c3ccc(OC)cc3)cc(-c3cccnc3)n2n1.CCCCS(=O)c1cc2nc(-c3ccc(OC)cc3)cc(-c3cncnc3)n2n1.CCCCS(=O)c1cc2nc(-c3ccc(OC)cc3)cc(-c3cnn(C)c3)n2n1.Cc1ccc(-c2cc(C(F)(F)F)n3nc(C(=O)N4CCCCC4)cc3n2)cc1.O=C(c1cc2ncc(-c3ccccc3)cn2n1)N1CCCCC1. The number of carbonyl (C=O) groups is 2. The zero-order valence-corrected chi connectivity index (χ0v) is 80.0. The number of ether oxygens (including phenoxy) is 3. The highest BCUT2D eigenvalue weighted by Gasteiger charge is 2.37. The Kier molecular flexibility index (Phi) is 31.3. The highest BCUT2D eigenvalue weighted by Crippen LogP contribution is 2.36. The number of amides is 2. The molecule has 0 N–H and O–H groups in total. The molecule has 0 saturated carbocycles. The van der Waals surface area contributed by atoms with E-state index in [1.165, 1.54) is 18.8 Å². The Balaban J connectivity index is 0.000000125. The minimum atomic E-state index is -4.63. The number of hydrogen-bond donors (Lipinski definition) is 0. The van der Waals surface area contributed by atoms with Gasteiger partial charge in [-0.15, -0.1) is 0 Å². The summed E-state index contributed by atoms with van der Waals surface area (Å²) in [7, 11) is 3.37. The molecule has 0 radical (unpaired) electrons. The van der Waals surface area contributed by atoms with Crippen LogP contribution >= 0.6 is 0 Å². The van der Waals surface area contributed by atoms with Crippen molar-refractivity contribution in [1.82, 2.24) is 108 Å². The largest absolute Gasteiger partial charge is 0.497 e. The Morgan fingerprint density at radius 2 is 0.797 bits per heavy atom. The molecule has 138 heavy (non-hydrogen) atoms. The van der Waals surface area contributed by atoms with Crippen LogP contribution in [0.15, 0.2) is 265 Å². The second-order valence-electron chi connectivity index (χ2n) is 32.9. The molecule has 18 aromatic rings. The molecule has 3 atom stereocenters. The zero-order valence-electron chi connectivity index (χ0n) is 77.6. The van der Waals surface area contributed by atoms with Gasteiger partial charge in [-0.2, -0.15) is 43.8 Å². The van der Waals surface area contributed by atoms with Crippen LogP contribution in [0.3, 0.4) is 0 Å². The third kappa shape index (κ3) is 23.1. The van der Waals surface area contributed by atoms with E-state index in [0.717, 1.165) is 196 Å². The topological polar surface area (TPSA) is 327 Å². The van der Waals surface area contributed by atoms with Gasteiger partial charge in [0.15, 0.2) is 60.4 Å². The van der Waals surface area contributed by atoms with Crippen LogP contribution in [0.1, 0.15) is 130 Å². The Morgan fingerprint density at radius 1 is 0.391 bits per heavy atom. The first-order chi connectivity index (χ1) is 67.1. The smallest absolute Gasteiger partial charge is 0.433 e. The van der Waals surface area contributed by atoms with Crippen LogP contribution in [0.2, 0.25) is 0 Å². The monoisotopic (exact) mass is 1920 g/mol. The summed E-state index contributed by atoms with van der Waals surface area (Å²) in [5.41, 5.74) is 16.4. The summed E-state index contributed by atoms with van der Waals surface area (Å²) in [5.74, 6) is 3.83. The normalized spacial score (nSPS) is 13.3. The molecule has 2 amide bonds. The molecule has 36 heteroatoms. The maximum atomic E-state index is 13.7. The molecular formula is C102H103F3N22O8S3. The number of nitrogens with zero attached hydrogens (tertiary/aromatic N) is 22. The molecule has 5 aromatic carbocycles. The van der Waals surface area contributed by atoms with Gasteiger partial charge in [0.05, 0.1) is 99.8 Å². The lowest BCUT2D eigenvalue weighted by Crippen LogP contribution is -2.35. The van der Waals surface area contributed by atoms with Crippen LogP contribution < -0.4 is 14.2 Å². The van der Waals surface area contributed by atoms with E-state index in [4.69, 9.17) is 29.2 Å². The minimum absolute atomic E-state index is 0.00533. The van der Waals surface area contributed by atoms with E-state index < -0.39 is 44.3 Å². The lowest BCUT2D eigenvalue weighted by molar-refractivity contribution is -0.142. The average molecular weight is 1920 g/mol. The number of fused-ring (bicyclic) bond motifs is 5. The van der Waals surface area contributed by atoms with E-state index >= 15 is 0 Å². The summed E-state index contributed by atoms with van der Waals surface area (Å²) in [4.78, 5) is 64.3. The van der Waals surface area contributed by atoms with Crippen molar-refractivity contribution >= 4 is 72.4 Å². The fraction of sp³-hybridized carbons (Fsp3) is 0.275. The van der Waals surface area contributed by atoms with Crippen molar-refractivity contribution in [2.75, 3.05) is 64.8 Å². The van der Waals surface area contributed by atoms with E-state index in [9.17, 15) is 35.4 Å². The van der Waals surface area contributed by atoms with Gasteiger partial charge in [0.2, 0.25) is 0 Å². The van der Waals surface area contributed by atoms with E-state index in [1.807, 2.05) is 195 Å². The molecule has 2 saturated heterocycles. The molecule has 0 spiro atoms. The summed E-state index contributed by atoms with van der Waals surface area (Å²) in [6, 6.07) is 59.7. The zero-order chi connectivity index (χ0) is 96.4. The van der Waals surface area contributed by atoms with Crippen molar-refractivity contribution in [3.63, 3.8) is 0 Å². The Labute approximate surface area is 802 Å². The van der Waals surface area contributed by atoms with Gasteiger partial charge in [0.25, 0.3) is 11.8 Å². The molecule has 3 unspecified atom stereocenters. The number of halogens is 3. The number of aryl methyl sites for hydroxylation is 2. The minimum Gasteiger partial charge on any atom is -0.497 e. The van der Waals surface area contributed by atoms with Gasteiger partial charge in [0, 0.05) is 169 Å². The second kappa shape index (κ2) is 44.8. The molecule has 13 aromatic heterocycles. The number of hydrogen-bond acceptors (Lipinski definition) is 22. The van der Waals surface area contributed by atoms with Crippen molar-refractivity contribution in [2.45, 2.75) is 126 Å². The number of alkyl halides is 3. The van der Waals surface area contributed by atoms with E-state index in [1.54, 1.807) is 104 Å². The van der Waals surface area contributed by atoms with Crippen molar-refractivity contribution in [3.05, 3.63) is 273 Å². The molecule has 2 aliphatic heterocycles. The number of carbonyl (C=O) groups excluding carboxylic acids is 2. The molecule has 30 nitrogen and oxygen atoms in total. The average Bonchev–Trinajstić information content (AvgIpc) is 1.60. The van der Waals surface area contributed by atoms with Gasteiger partial charge in [0.1, 0.15) is 23.6 Å². The van der Waals surface area contributed by atoms with Gasteiger partial charge in [-0.3, -0.25) is 31.9 Å². The maximum absolute atomic E-state index is 13.7. The first kappa shape index (κ1) is 96.3. The number of piperidine rings is 2. The highest BCUT2D eigenvalue weighted by atomic mass is 32.2. The Hall–Kier alpha value is -14.8. The van der Waals surface area contributed by atoms with Gasteiger partial charge >= 0.3 is 6.18 Å². The van der Waals surface area contributed by atoms with Gasteiger partial charge < -0.3 is 24.0 Å². The van der Waals surface area contributed by atoms with Gasteiger partial charge in [-0.1, -0.05) is 100 Å². The summed E-state index contributed by atoms with van der Waals surface area (Å²) >= 11 is 0. The number of rotatable bonds is 25. The van der Waals surface area contributed by atoms with E-state index in [-0.39, 0.29) is 28.8 Å². The second-order valence-corrected chi connectivity index (χ2v) is 37.5. The first-order valence-corrected chi connectivity index (χ1v) is 49.6. The van der Waals surface area contributed by atoms with Crippen LogP contribution in [0, 0.1) is 6.92 Å². The third-order valence-corrected chi connectivity index (χ3v) is 27.1. The molecule has 708 valence electrons. The number of unbranched alkanes of at least 4 members (excludes halogenated alkanes) is 3. The molecule has 15 heterocycles. The molecule has 0 bridgehead atoms. The predicted molar refractivity (Wildman–Crippen MR) is 526 cm³/mol. The summed E-state index contributed by atoms with van der Waals surface area (Å²) in [6.07, 6.45) is 23.2. The molecule has 0 aliphatic carbocycles. The van der Waals surface area contributed by atoms with Gasteiger partial charge in [-0.25, -0.2) is 57.5 Å². The van der Waals surface area contributed by atoms with E-state index in [2.05, 4.69) is 76.3 Å². The number of aromatic nitrogens is 20. The first-order valence-electron chi connectivity index (χ1n) is 45.6. The molecule has 20 rings (SSSR count). The van der Waals surface area contributed by atoms with Gasteiger partial charge in [-0.05, 0) is 179 Å². The van der Waals surface area contributed by atoms with Crippen LogP contribution in [0.25, 0.3) is 118 Å². The summed E-state index contributed by atoms with van der Waals surface area (Å²) in [5, 5.41) is 28.1. The fourth-order valence-electron chi connectivity index (χ4n) is 15.6.